The van der Waals surface area contributed by atoms with Gasteiger partial charge in [-0.25, -0.2) is 4.39 Å². The molecule has 0 N–H and O–H groups in total. The number of aromatic nitrogens is 4. The van der Waals surface area contributed by atoms with E-state index in [4.69, 9.17) is 37.6 Å². The minimum Gasteiger partial charge on any atom is -0.453 e. The number of hydrogen-bond acceptors (Lipinski definition) is 6. The third-order valence-corrected chi connectivity index (χ3v) is 5.19. The quantitative estimate of drug-likeness (QED) is 0.356. The van der Waals surface area contributed by atoms with E-state index in [2.05, 4.69) is 15.3 Å². The van der Waals surface area contributed by atoms with Crippen molar-refractivity contribution in [2.75, 3.05) is 0 Å². The van der Waals surface area contributed by atoms with Crippen LogP contribution in [0.25, 0.3) is 11.6 Å². The summed E-state index contributed by atoms with van der Waals surface area (Å²) in [4.78, 5) is 0. The number of benzene rings is 2. The van der Waals surface area contributed by atoms with Gasteiger partial charge in [0.05, 0.1) is 28.8 Å². The molecule has 0 bridgehead atoms. The summed E-state index contributed by atoms with van der Waals surface area (Å²) >= 11 is 12.2. The third kappa shape index (κ3) is 4.44. The molecule has 0 saturated carbocycles. The zero-order valence-electron chi connectivity index (χ0n) is 17.1. The summed E-state index contributed by atoms with van der Waals surface area (Å²) < 4.78 is 28.2. The number of hydrogen-bond donors (Lipinski definition) is 0. The molecule has 7 nitrogen and oxygen atoms in total. The van der Waals surface area contributed by atoms with Crippen LogP contribution in [-0.4, -0.2) is 20.0 Å². The zero-order chi connectivity index (χ0) is 22.8. The summed E-state index contributed by atoms with van der Waals surface area (Å²) in [5.74, 6) is -0.154. The molecule has 162 valence electrons. The standard InChI is InChI=1S/C22H16Cl2FN5O2/c1-3-15-10-18(30(2)29-15)22-28-27-19(32-22)8-13-4-5-17(24)21(20(13)25)31-16-7-12(11-26)6-14(23)9-16/h4-7,9-10H,3,8H2,1-2H3. The molecule has 2 aromatic heterocycles. The van der Waals surface area contributed by atoms with E-state index in [0.717, 1.165) is 12.1 Å². The topological polar surface area (TPSA) is 89.8 Å². The van der Waals surface area contributed by atoms with Gasteiger partial charge in [0, 0.05) is 17.6 Å². The van der Waals surface area contributed by atoms with E-state index in [0.29, 0.717) is 11.6 Å². The fraction of sp³-hybridized carbons (Fsp3) is 0.182. The third-order valence-electron chi connectivity index (χ3n) is 4.67. The molecule has 0 radical (unpaired) electrons. The Morgan fingerprint density at radius 1 is 1.19 bits per heavy atom. The van der Waals surface area contributed by atoms with Gasteiger partial charge in [0.15, 0.2) is 11.6 Å². The lowest BCUT2D eigenvalue weighted by molar-refractivity contribution is 0.437. The number of rotatable bonds is 6. The molecule has 0 amide bonds. The van der Waals surface area contributed by atoms with Crippen LogP contribution in [0.2, 0.25) is 10.0 Å². The van der Waals surface area contributed by atoms with Crippen LogP contribution in [0.3, 0.4) is 0 Å². The SMILES string of the molecule is CCc1cc(-c2nnc(Cc3ccc(Cl)c(Oc4cc(Cl)cc(C#N)c4)c3F)o2)n(C)n1. The summed E-state index contributed by atoms with van der Waals surface area (Å²) in [7, 11) is 1.79. The van der Waals surface area contributed by atoms with Crippen molar-refractivity contribution in [3.05, 3.63) is 75.0 Å². The highest BCUT2D eigenvalue weighted by Gasteiger charge is 2.19. The van der Waals surface area contributed by atoms with Gasteiger partial charge in [0.25, 0.3) is 5.89 Å². The molecule has 0 aliphatic heterocycles. The van der Waals surface area contributed by atoms with Crippen LogP contribution in [0.4, 0.5) is 4.39 Å². The average Bonchev–Trinajstić information content (AvgIpc) is 3.38. The van der Waals surface area contributed by atoms with Crippen LogP contribution in [0.5, 0.6) is 11.5 Å². The van der Waals surface area contributed by atoms with Gasteiger partial charge in [-0.15, -0.1) is 10.2 Å². The Morgan fingerprint density at radius 2 is 2.00 bits per heavy atom. The molecule has 4 rings (SSSR count). The summed E-state index contributed by atoms with van der Waals surface area (Å²) in [6.45, 7) is 2.00. The Labute approximate surface area is 193 Å². The molecule has 32 heavy (non-hydrogen) atoms. The second kappa shape index (κ2) is 8.99. The molecule has 0 aliphatic carbocycles. The number of ether oxygens (including phenoxy) is 1. The number of aryl methyl sites for hydroxylation is 2. The van der Waals surface area contributed by atoms with Gasteiger partial charge in [-0.3, -0.25) is 4.68 Å². The first-order valence-electron chi connectivity index (χ1n) is 9.59. The summed E-state index contributed by atoms with van der Waals surface area (Å²) in [5, 5.41) is 21.9. The largest absolute Gasteiger partial charge is 0.453 e. The lowest BCUT2D eigenvalue weighted by Crippen LogP contribution is -1.98. The molecule has 2 aromatic carbocycles. The van der Waals surface area contributed by atoms with E-state index < -0.39 is 5.82 Å². The van der Waals surface area contributed by atoms with Crippen LogP contribution in [0, 0.1) is 17.1 Å². The van der Waals surface area contributed by atoms with Gasteiger partial charge in [-0.2, -0.15) is 10.4 Å². The Hall–Kier alpha value is -3.41. The fourth-order valence-electron chi connectivity index (χ4n) is 3.10. The van der Waals surface area contributed by atoms with Crippen LogP contribution < -0.4 is 4.74 Å². The Morgan fingerprint density at radius 3 is 2.72 bits per heavy atom. The zero-order valence-corrected chi connectivity index (χ0v) is 18.6. The van der Waals surface area contributed by atoms with Crippen molar-refractivity contribution in [2.45, 2.75) is 19.8 Å². The van der Waals surface area contributed by atoms with Gasteiger partial charge in [-0.1, -0.05) is 36.2 Å². The molecule has 0 spiro atoms. The summed E-state index contributed by atoms with van der Waals surface area (Å²) in [6, 6.07) is 11.2. The predicted molar refractivity (Wildman–Crippen MR) is 116 cm³/mol. The average molecular weight is 472 g/mol. The van der Waals surface area contributed by atoms with Crippen molar-refractivity contribution >= 4 is 23.2 Å². The predicted octanol–water partition coefficient (Wildman–Crippen LogP) is 5.73. The Kier molecular flexibility index (Phi) is 6.12. The minimum absolute atomic E-state index is 0.0316. The lowest BCUT2D eigenvalue weighted by Gasteiger charge is -2.11. The van der Waals surface area contributed by atoms with E-state index in [9.17, 15) is 0 Å². The van der Waals surface area contributed by atoms with E-state index in [1.54, 1.807) is 11.7 Å². The summed E-state index contributed by atoms with van der Waals surface area (Å²) in [6.07, 6.45) is 0.805. The normalized spacial score (nSPS) is 10.9. The van der Waals surface area contributed by atoms with E-state index in [1.165, 1.54) is 30.3 Å². The fourth-order valence-corrected chi connectivity index (χ4v) is 3.51. The van der Waals surface area contributed by atoms with Crippen molar-refractivity contribution < 1.29 is 13.5 Å². The maximum atomic E-state index is 15.2. The molecule has 0 unspecified atom stereocenters. The van der Waals surface area contributed by atoms with E-state index in [1.807, 2.05) is 19.1 Å². The molecule has 0 aliphatic rings. The molecule has 2 heterocycles. The first kappa shape index (κ1) is 21.8. The Balaban J connectivity index is 1.61. The van der Waals surface area contributed by atoms with Crippen molar-refractivity contribution in [1.29, 1.82) is 5.26 Å². The van der Waals surface area contributed by atoms with Gasteiger partial charge < -0.3 is 9.15 Å². The number of nitriles is 1. The van der Waals surface area contributed by atoms with Crippen LogP contribution in [0.1, 0.15) is 29.6 Å². The van der Waals surface area contributed by atoms with Crippen molar-refractivity contribution in [3.63, 3.8) is 0 Å². The lowest BCUT2D eigenvalue weighted by atomic mass is 10.1. The maximum absolute atomic E-state index is 15.2. The first-order valence-corrected chi connectivity index (χ1v) is 10.3. The maximum Gasteiger partial charge on any atom is 0.265 e. The van der Waals surface area contributed by atoms with Gasteiger partial charge in [0.1, 0.15) is 11.4 Å². The van der Waals surface area contributed by atoms with Crippen molar-refractivity contribution in [3.8, 4) is 29.2 Å². The number of nitrogens with zero attached hydrogens (tertiary/aromatic N) is 5. The second-order valence-corrected chi connectivity index (χ2v) is 7.76. The number of halogens is 3. The van der Waals surface area contributed by atoms with Gasteiger partial charge >= 0.3 is 0 Å². The smallest absolute Gasteiger partial charge is 0.265 e. The van der Waals surface area contributed by atoms with Crippen LogP contribution >= 0.6 is 23.2 Å². The molecule has 0 fully saturated rings. The molecule has 10 heteroatoms. The van der Waals surface area contributed by atoms with Gasteiger partial charge in [-0.05, 0) is 36.8 Å². The van der Waals surface area contributed by atoms with Crippen molar-refractivity contribution in [2.24, 2.45) is 7.05 Å². The first-order chi connectivity index (χ1) is 15.4. The van der Waals surface area contributed by atoms with Gasteiger partial charge in [0.2, 0.25) is 5.89 Å². The molecular formula is C22H16Cl2FN5O2. The second-order valence-electron chi connectivity index (χ2n) is 6.91. The highest BCUT2D eigenvalue weighted by Crippen LogP contribution is 2.36. The van der Waals surface area contributed by atoms with Crippen LogP contribution in [0.15, 0.2) is 40.8 Å². The monoisotopic (exact) mass is 471 g/mol. The highest BCUT2D eigenvalue weighted by atomic mass is 35.5. The molecule has 4 aromatic rings. The molecule has 0 saturated heterocycles. The Bertz CT molecular complexity index is 1340. The highest BCUT2D eigenvalue weighted by molar-refractivity contribution is 6.32. The summed E-state index contributed by atoms with van der Waals surface area (Å²) in [5.41, 5.74) is 2.10. The van der Waals surface area contributed by atoms with Crippen LogP contribution in [-0.2, 0) is 19.9 Å². The van der Waals surface area contributed by atoms with Crippen molar-refractivity contribution in [1.82, 2.24) is 20.0 Å². The molecular weight excluding hydrogens is 456 g/mol. The van der Waals surface area contributed by atoms with E-state index >= 15 is 4.39 Å². The minimum atomic E-state index is -0.676. The molecule has 0 atom stereocenters. The van der Waals surface area contributed by atoms with E-state index in [-0.39, 0.29) is 45.0 Å².